The van der Waals surface area contributed by atoms with Crippen molar-refractivity contribution < 1.29 is 22.3 Å². The number of hydrogen-bond acceptors (Lipinski definition) is 2. The molecule has 1 aromatic carbocycles. The van der Waals surface area contributed by atoms with Crippen LogP contribution >= 0.6 is 24.0 Å². The van der Waals surface area contributed by atoms with Crippen molar-refractivity contribution in [3.8, 4) is 5.75 Å². The van der Waals surface area contributed by atoms with Crippen molar-refractivity contribution in [2.24, 2.45) is 4.99 Å². The van der Waals surface area contributed by atoms with Gasteiger partial charge in [0.25, 0.3) is 0 Å². The topological polar surface area (TPSA) is 45.7 Å². The van der Waals surface area contributed by atoms with Crippen LogP contribution in [0.25, 0.3) is 0 Å². The van der Waals surface area contributed by atoms with E-state index in [4.69, 9.17) is 4.74 Å². The van der Waals surface area contributed by atoms with E-state index in [0.717, 1.165) is 0 Å². The van der Waals surface area contributed by atoms with Crippen LogP contribution in [0, 0.1) is 5.82 Å². The first kappa shape index (κ1) is 24.7. The van der Waals surface area contributed by atoms with E-state index in [1.54, 1.807) is 12.1 Å². The van der Waals surface area contributed by atoms with Crippen LogP contribution in [0.2, 0.25) is 0 Å². The largest absolute Gasteiger partial charge is 0.494 e. The van der Waals surface area contributed by atoms with Gasteiger partial charge in [-0.15, -0.1) is 24.0 Å². The van der Waals surface area contributed by atoms with Crippen molar-refractivity contribution in [3.63, 3.8) is 0 Å². The Kier molecular flexibility index (Phi) is 11.6. The highest BCUT2D eigenvalue weighted by molar-refractivity contribution is 14.0. The summed E-state index contributed by atoms with van der Waals surface area (Å²) in [4.78, 5) is 4.26. The second-order valence-corrected chi connectivity index (χ2v) is 5.59. The van der Waals surface area contributed by atoms with Crippen LogP contribution in [-0.2, 0) is 0 Å². The molecule has 0 aromatic heterocycles. The quantitative estimate of drug-likeness (QED) is 0.181. The second-order valence-electron chi connectivity index (χ2n) is 5.59. The van der Waals surface area contributed by atoms with Gasteiger partial charge in [-0.05, 0) is 44.4 Å². The minimum absolute atomic E-state index is 0. The summed E-state index contributed by atoms with van der Waals surface area (Å²) in [6.07, 6.45) is -4.53. The number of unbranched alkanes of at least 4 members (excludes halogenated alkanes) is 1. The molecule has 0 saturated carbocycles. The predicted octanol–water partition coefficient (Wildman–Crippen LogP) is 4.80. The van der Waals surface area contributed by atoms with Gasteiger partial charge in [-0.3, -0.25) is 4.99 Å². The third-order valence-electron chi connectivity index (χ3n) is 3.51. The molecule has 1 atom stereocenters. The second kappa shape index (κ2) is 12.2. The van der Waals surface area contributed by atoms with Crippen LogP contribution in [0.15, 0.2) is 23.2 Å². The van der Waals surface area contributed by atoms with Crippen LogP contribution in [0.5, 0.6) is 5.75 Å². The third-order valence-corrected chi connectivity index (χ3v) is 3.51. The summed E-state index contributed by atoms with van der Waals surface area (Å²) in [6.45, 7) is 4.63. The van der Waals surface area contributed by atoms with E-state index < -0.39 is 18.4 Å². The summed E-state index contributed by atoms with van der Waals surface area (Å²) in [5.41, 5.74) is 0.709. The van der Waals surface area contributed by atoms with Crippen molar-refractivity contribution in [3.05, 3.63) is 29.6 Å². The van der Waals surface area contributed by atoms with Gasteiger partial charge in [-0.25, -0.2) is 4.39 Å². The van der Waals surface area contributed by atoms with Gasteiger partial charge in [0.1, 0.15) is 0 Å². The first-order valence-corrected chi connectivity index (χ1v) is 8.22. The predicted molar refractivity (Wildman–Crippen MR) is 106 cm³/mol. The van der Waals surface area contributed by atoms with Crippen molar-refractivity contribution in [2.75, 3.05) is 20.2 Å². The molecule has 1 aromatic rings. The van der Waals surface area contributed by atoms with Gasteiger partial charge in [-0.2, -0.15) is 13.2 Å². The first-order chi connectivity index (χ1) is 11.8. The number of aliphatic imine (C=N–C) groups is 1. The molecule has 0 fully saturated rings. The van der Waals surface area contributed by atoms with Crippen molar-refractivity contribution in [1.82, 2.24) is 10.6 Å². The maximum Gasteiger partial charge on any atom is 0.389 e. The maximum absolute atomic E-state index is 13.8. The number of guanidine groups is 1. The van der Waals surface area contributed by atoms with E-state index in [1.165, 1.54) is 13.2 Å². The zero-order valence-electron chi connectivity index (χ0n) is 15.1. The van der Waals surface area contributed by atoms with Crippen LogP contribution < -0.4 is 15.4 Å². The molecule has 150 valence electrons. The Labute approximate surface area is 168 Å². The van der Waals surface area contributed by atoms with E-state index in [-0.39, 0.29) is 48.7 Å². The number of ether oxygens (including phenoxy) is 1. The number of hydrogen-bond donors (Lipinski definition) is 2. The van der Waals surface area contributed by atoms with Crippen LogP contribution in [0.3, 0.4) is 0 Å². The van der Waals surface area contributed by atoms with Gasteiger partial charge in [0, 0.05) is 19.5 Å². The van der Waals surface area contributed by atoms with Crippen molar-refractivity contribution >= 4 is 29.9 Å². The van der Waals surface area contributed by atoms with Gasteiger partial charge >= 0.3 is 6.18 Å². The minimum atomic E-state index is -4.13. The Bertz CT molecular complexity index is 567. The Balaban J connectivity index is 0.00000625. The molecule has 0 bridgehead atoms. The molecule has 9 heteroatoms. The maximum atomic E-state index is 13.8. The van der Waals surface area contributed by atoms with E-state index in [1.807, 2.05) is 13.8 Å². The highest BCUT2D eigenvalue weighted by Gasteiger charge is 2.25. The Hall–Kier alpha value is -1.26. The summed E-state index contributed by atoms with van der Waals surface area (Å²) in [6, 6.07) is 4.44. The summed E-state index contributed by atoms with van der Waals surface area (Å²) >= 11 is 0. The van der Waals surface area contributed by atoms with Gasteiger partial charge < -0.3 is 15.4 Å². The van der Waals surface area contributed by atoms with E-state index in [9.17, 15) is 17.6 Å². The molecule has 0 amide bonds. The molecule has 0 aliphatic rings. The average Bonchev–Trinajstić information content (AvgIpc) is 2.53. The van der Waals surface area contributed by atoms with Crippen LogP contribution in [-0.4, -0.2) is 32.3 Å². The summed E-state index contributed by atoms with van der Waals surface area (Å²) in [5, 5.41) is 6.14. The molecule has 0 radical (unpaired) electrons. The fourth-order valence-corrected chi connectivity index (χ4v) is 2.19. The minimum Gasteiger partial charge on any atom is -0.494 e. The summed E-state index contributed by atoms with van der Waals surface area (Å²) in [5.74, 6) is 0.196. The number of methoxy groups -OCH3 is 1. The number of nitrogens with zero attached hydrogens (tertiary/aromatic N) is 1. The lowest BCUT2D eigenvalue weighted by Crippen LogP contribution is -2.38. The van der Waals surface area contributed by atoms with Crippen molar-refractivity contribution in [1.29, 1.82) is 0 Å². The standard InChI is InChI=1S/C17H25F4N3O.HI/c1-4-22-16(23-10-6-5-9-17(19,20)21)24-12(2)13-7-8-15(25-3)14(18)11-13;/h7-8,11-12H,4-6,9-10H2,1-3H3,(H2,22,23,24);1H. The number of benzene rings is 1. The monoisotopic (exact) mass is 491 g/mol. The number of alkyl halides is 3. The third kappa shape index (κ3) is 9.44. The molecule has 0 aliphatic carbocycles. The summed E-state index contributed by atoms with van der Waals surface area (Å²) in [7, 11) is 1.40. The van der Waals surface area contributed by atoms with Gasteiger partial charge in [0.05, 0.1) is 13.2 Å². The average molecular weight is 491 g/mol. The smallest absolute Gasteiger partial charge is 0.389 e. The van der Waals surface area contributed by atoms with E-state index in [2.05, 4.69) is 15.6 Å². The van der Waals surface area contributed by atoms with Gasteiger partial charge in [0.2, 0.25) is 0 Å². The normalized spacial score (nSPS) is 13.0. The molecule has 1 unspecified atom stereocenters. The van der Waals surface area contributed by atoms with Crippen LogP contribution in [0.4, 0.5) is 17.6 Å². The molecule has 0 heterocycles. The molecular weight excluding hydrogens is 465 g/mol. The Morgan fingerprint density at radius 3 is 2.50 bits per heavy atom. The van der Waals surface area contributed by atoms with E-state index >= 15 is 0 Å². The highest BCUT2D eigenvalue weighted by atomic mass is 127. The molecule has 1 rings (SSSR count). The molecule has 0 spiro atoms. The highest BCUT2D eigenvalue weighted by Crippen LogP contribution is 2.22. The first-order valence-electron chi connectivity index (χ1n) is 8.22. The van der Waals surface area contributed by atoms with Crippen molar-refractivity contribution in [2.45, 2.75) is 45.3 Å². The van der Waals surface area contributed by atoms with Gasteiger partial charge in [0.15, 0.2) is 17.5 Å². The molecular formula is C17H26F4IN3O. The zero-order valence-corrected chi connectivity index (χ0v) is 17.5. The lowest BCUT2D eigenvalue weighted by Gasteiger charge is -2.18. The van der Waals surface area contributed by atoms with E-state index in [0.29, 0.717) is 24.5 Å². The lowest BCUT2D eigenvalue weighted by atomic mass is 10.1. The van der Waals surface area contributed by atoms with Gasteiger partial charge in [-0.1, -0.05) is 6.07 Å². The fourth-order valence-electron chi connectivity index (χ4n) is 2.19. The summed E-state index contributed by atoms with van der Waals surface area (Å²) < 4.78 is 55.0. The number of rotatable bonds is 8. The Morgan fingerprint density at radius 1 is 1.27 bits per heavy atom. The Morgan fingerprint density at radius 2 is 1.96 bits per heavy atom. The lowest BCUT2D eigenvalue weighted by molar-refractivity contribution is -0.135. The van der Waals surface area contributed by atoms with Crippen LogP contribution in [0.1, 0.15) is 44.7 Å². The molecule has 0 saturated heterocycles. The molecule has 4 nitrogen and oxygen atoms in total. The molecule has 2 N–H and O–H groups in total. The molecule has 26 heavy (non-hydrogen) atoms. The molecule has 0 aliphatic heterocycles. The fraction of sp³-hybridized carbons (Fsp3) is 0.588. The number of halogens is 5. The zero-order chi connectivity index (χ0) is 18.9. The number of nitrogens with one attached hydrogen (secondary N) is 2. The SMILES string of the molecule is CCNC(=NCCCCC(F)(F)F)NC(C)c1ccc(OC)c(F)c1.I.